The predicted octanol–water partition coefficient (Wildman–Crippen LogP) is 3.79. The summed E-state index contributed by atoms with van der Waals surface area (Å²) in [5.41, 5.74) is 5.18. The highest BCUT2D eigenvalue weighted by atomic mass is 32.2. The standard InChI is InChI=1S/C33H40N4O4S/c1-24-10-12-27(13-11-24)29-23-31(29)34-18-6-9-30(33(39)36-19-21-37(22-20-36)42(2,40)41)35-32(38)28-16-14-26(15-17-28)25-7-4-3-5-8-25/h3-5,7-8,10-17,29-31,34H,6,9,18-23H2,1-2H3,(H,35,38)/t29-,30-,31+/m0/s1. The minimum atomic E-state index is -3.30. The lowest BCUT2D eigenvalue weighted by Crippen LogP contribution is -2.55. The van der Waals surface area contributed by atoms with Gasteiger partial charge in [0.05, 0.1) is 6.26 Å². The van der Waals surface area contributed by atoms with Gasteiger partial charge in [-0.05, 0) is 61.6 Å². The fourth-order valence-electron chi connectivity index (χ4n) is 5.60. The van der Waals surface area contributed by atoms with Crippen molar-refractivity contribution < 1.29 is 18.0 Å². The van der Waals surface area contributed by atoms with E-state index < -0.39 is 16.1 Å². The Morgan fingerprint density at radius 2 is 1.52 bits per heavy atom. The lowest BCUT2D eigenvalue weighted by atomic mass is 10.0. The lowest BCUT2D eigenvalue weighted by Gasteiger charge is -2.35. The van der Waals surface area contributed by atoms with E-state index in [0.29, 0.717) is 37.0 Å². The molecule has 1 aliphatic heterocycles. The third-order valence-electron chi connectivity index (χ3n) is 8.25. The third kappa shape index (κ3) is 7.65. The number of nitrogens with one attached hydrogen (secondary N) is 2. The van der Waals surface area contributed by atoms with Gasteiger partial charge in [0.25, 0.3) is 5.91 Å². The summed E-state index contributed by atoms with van der Waals surface area (Å²) in [6, 6.07) is 25.8. The van der Waals surface area contributed by atoms with Crippen molar-refractivity contribution >= 4 is 21.8 Å². The van der Waals surface area contributed by atoms with Crippen molar-refractivity contribution in [3.8, 4) is 11.1 Å². The van der Waals surface area contributed by atoms with Crippen LogP contribution in [0.2, 0.25) is 0 Å². The maximum Gasteiger partial charge on any atom is 0.251 e. The van der Waals surface area contributed by atoms with E-state index in [0.717, 1.165) is 30.5 Å². The second-order valence-corrected chi connectivity index (χ2v) is 13.4. The summed E-state index contributed by atoms with van der Waals surface area (Å²) < 4.78 is 25.3. The first-order valence-corrected chi connectivity index (χ1v) is 16.5. The van der Waals surface area contributed by atoms with Crippen molar-refractivity contribution in [2.24, 2.45) is 0 Å². The van der Waals surface area contributed by atoms with Crippen LogP contribution in [0.25, 0.3) is 11.1 Å². The molecule has 2 N–H and O–H groups in total. The van der Waals surface area contributed by atoms with Gasteiger partial charge in [0, 0.05) is 43.7 Å². The number of rotatable bonds is 11. The molecular weight excluding hydrogens is 548 g/mol. The molecule has 3 aromatic carbocycles. The van der Waals surface area contributed by atoms with E-state index in [2.05, 4.69) is 41.8 Å². The zero-order valence-corrected chi connectivity index (χ0v) is 25.1. The Kier molecular flexibility index (Phi) is 9.40. The first-order chi connectivity index (χ1) is 20.2. The van der Waals surface area contributed by atoms with Crippen molar-refractivity contribution in [2.75, 3.05) is 39.0 Å². The summed E-state index contributed by atoms with van der Waals surface area (Å²) in [5, 5.41) is 6.60. The molecule has 1 saturated carbocycles. The van der Waals surface area contributed by atoms with Crippen LogP contribution in [0.3, 0.4) is 0 Å². The predicted molar refractivity (Wildman–Crippen MR) is 166 cm³/mol. The average Bonchev–Trinajstić information content (AvgIpc) is 3.78. The zero-order valence-electron chi connectivity index (χ0n) is 24.3. The number of aryl methyl sites for hydroxylation is 1. The van der Waals surface area contributed by atoms with Crippen LogP contribution in [0.1, 0.15) is 46.7 Å². The van der Waals surface area contributed by atoms with Gasteiger partial charge in [0.2, 0.25) is 15.9 Å². The van der Waals surface area contributed by atoms with E-state index in [9.17, 15) is 18.0 Å². The Bertz CT molecular complexity index is 1470. The van der Waals surface area contributed by atoms with Gasteiger partial charge >= 0.3 is 0 Å². The molecule has 0 unspecified atom stereocenters. The van der Waals surface area contributed by atoms with Crippen LogP contribution in [-0.4, -0.2) is 80.5 Å². The van der Waals surface area contributed by atoms with Crippen molar-refractivity contribution in [3.63, 3.8) is 0 Å². The van der Waals surface area contributed by atoms with Crippen molar-refractivity contribution in [3.05, 3.63) is 95.6 Å². The van der Waals surface area contributed by atoms with Crippen LogP contribution < -0.4 is 10.6 Å². The number of amides is 2. The molecule has 0 aromatic heterocycles. The minimum absolute atomic E-state index is 0.165. The van der Waals surface area contributed by atoms with Crippen molar-refractivity contribution in [2.45, 2.75) is 44.2 Å². The molecule has 0 bridgehead atoms. The smallest absolute Gasteiger partial charge is 0.251 e. The zero-order chi connectivity index (χ0) is 29.7. The van der Waals surface area contributed by atoms with Crippen LogP contribution in [0, 0.1) is 6.92 Å². The fraction of sp³-hybridized carbons (Fsp3) is 0.394. The van der Waals surface area contributed by atoms with Gasteiger partial charge in [-0.2, -0.15) is 4.31 Å². The second kappa shape index (κ2) is 13.2. The number of nitrogens with zero attached hydrogens (tertiary/aromatic N) is 2. The molecule has 0 spiro atoms. The molecule has 2 aliphatic rings. The average molecular weight is 589 g/mol. The van der Waals surface area contributed by atoms with E-state index in [1.807, 2.05) is 42.5 Å². The Hall–Kier alpha value is -3.53. The van der Waals surface area contributed by atoms with Crippen LogP contribution in [-0.2, 0) is 14.8 Å². The van der Waals surface area contributed by atoms with Gasteiger partial charge in [0.15, 0.2) is 0 Å². The summed E-state index contributed by atoms with van der Waals surface area (Å²) >= 11 is 0. The SMILES string of the molecule is Cc1ccc([C@@H]2C[C@H]2NCCC[C@H](NC(=O)c2ccc(-c3ccccc3)cc2)C(=O)N2CCN(S(C)(=O)=O)CC2)cc1. The summed E-state index contributed by atoms with van der Waals surface area (Å²) in [4.78, 5) is 28.5. The van der Waals surface area contributed by atoms with Crippen molar-refractivity contribution in [1.29, 1.82) is 0 Å². The largest absolute Gasteiger partial charge is 0.340 e. The summed E-state index contributed by atoms with van der Waals surface area (Å²) in [6.07, 6.45) is 3.51. The molecule has 3 aromatic rings. The van der Waals surface area contributed by atoms with Crippen LogP contribution >= 0.6 is 0 Å². The fourth-order valence-corrected chi connectivity index (χ4v) is 6.43. The molecule has 1 saturated heterocycles. The number of hydrogen-bond acceptors (Lipinski definition) is 5. The highest BCUT2D eigenvalue weighted by Gasteiger charge is 2.37. The van der Waals surface area contributed by atoms with Crippen LogP contribution in [0.5, 0.6) is 0 Å². The highest BCUT2D eigenvalue weighted by molar-refractivity contribution is 7.88. The first kappa shape index (κ1) is 29.9. The van der Waals surface area contributed by atoms with Crippen LogP contribution in [0.4, 0.5) is 0 Å². The molecule has 1 aliphatic carbocycles. The topological polar surface area (TPSA) is 98.8 Å². The van der Waals surface area contributed by atoms with E-state index in [1.54, 1.807) is 17.0 Å². The molecule has 9 heteroatoms. The number of sulfonamides is 1. The van der Waals surface area contributed by atoms with Gasteiger partial charge < -0.3 is 15.5 Å². The van der Waals surface area contributed by atoms with Gasteiger partial charge in [-0.3, -0.25) is 9.59 Å². The summed E-state index contributed by atoms with van der Waals surface area (Å²) in [5.74, 6) is 0.0615. The molecule has 0 radical (unpaired) electrons. The van der Waals surface area contributed by atoms with E-state index in [-0.39, 0.29) is 24.9 Å². The first-order valence-electron chi connectivity index (χ1n) is 14.7. The number of carbonyl (C=O) groups excluding carboxylic acids is 2. The molecule has 3 atom stereocenters. The monoisotopic (exact) mass is 588 g/mol. The second-order valence-electron chi connectivity index (χ2n) is 11.4. The Morgan fingerprint density at radius 3 is 2.17 bits per heavy atom. The maximum atomic E-state index is 13.6. The van der Waals surface area contributed by atoms with Crippen molar-refractivity contribution in [1.82, 2.24) is 19.8 Å². The molecule has 5 rings (SSSR count). The number of piperazine rings is 1. The Morgan fingerprint density at radius 1 is 0.881 bits per heavy atom. The molecule has 2 fully saturated rings. The van der Waals surface area contributed by atoms with Gasteiger partial charge in [-0.25, -0.2) is 8.42 Å². The Labute approximate surface area is 249 Å². The molecule has 222 valence electrons. The molecule has 1 heterocycles. The highest BCUT2D eigenvalue weighted by Crippen LogP contribution is 2.40. The maximum absolute atomic E-state index is 13.6. The van der Waals surface area contributed by atoms with E-state index >= 15 is 0 Å². The third-order valence-corrected chi connectivity index (χ3v) is 9.55. The minimum Gasteiger partial charge on any atom is -0.340 e. The van der Waals surface area contributed by atoms with E-state index in [1.165, 1.54) is 21.7 Å². The molecule has 8 nitrogen and oxygen atoms in total. The molecule has 42 heavy (non-hydrogen) atoms. The number of hydrogen-bond donors (Lipinski definition) is 2. The van der Waals surface area contributed by atoms with Gasteiger partial charge in [-0.1, -0.05) is 72.3 Å². The normalized spacial score (nSPS) is 19.7. The van der Waals surface area contributed by atoms with Gasteiger partial charge in [-0.15, -0.1) is 0 Å². The quantitative estimate of drug-likeness (QED) is 0.332. The molecular formula is C33H40N4O4S. The van der Waals surface area contributed by atoms with Gasteiger partial charge in [0.1, 0.15) is 6.04 Å². The summed E-state index contributed by atoms with van der Waals surface area (Å²) in [7, 11) is -3.30. The molecule has 2 amide bonds. The van der Waals surface area contributed by atoms with E-state index in [4.69, 9.17) is 0 Å². The Balaban J connectivity index is 1.19. The number of benzene rings is 3. The number of carbonyl (C=O) groups is 2. The van der Waals surface area contributed by atoms with Crippen LogP contribution in [0.15, 0.2) is 78.9 Å². The lowest BCUT2D eigenvalue weighted by molar-refractivity contribution is -0.134. The summed E-state index contributed by atoms with van der Waals surface area (Å²) in [6.45, 7) is 3.98.